The van der Waals surface area contributed by atoms with Crippen molar-refractivity contribution in [2.45, 2.75) is 20.3 Å². The van der Waals surface area contributed by atoms with Crippen LogP contribution in [0.5, 0.6) is 0 Å². The quantitative estimate of drug-likeness (QED) is 0.615. The lowest BCUT2D eigenvalue weighted by molar-refractivity contribution is 1.03. The lowest BCUT2D eigenvalue weighted by Crippen LogP contribution is -2.07. The topological polar surface area (TPSA) is 37.8 Å². The summed E-state index contributed by atoms with van der Waals surface area (Å²) in [4.78, 5) is 8.06. The van der Waals surface area contributed by atoms with Crippen LogP contribution in [0.25, 0.3) is 0 Å². The molecule has 0 fully saturated rings. The van der Waals surface area contributed by atoms with Crippen LogP contribution < -0.4 is 5.32 Å². The number of rotatable bonds is 4. The summed E-state index contributed by atoms with van der Waals surface area (Å²) in [6.07, 6.45) is 2.28. The summed E-state index contributed by atoms with van der Waals surface area (Å²) >= 11 is 5.93. The first kappa shape index (κ1) is 11.0. The highest BCUT2D eigenvalue weighted by atomic mass is 35.5. The molecule has 4 heteroatoms. The molecule has 0 aliphatic carbocycles. The maximum absolute atomic E-state index is 5.93. The summed E-state index contributed by atoms with van der Waals surface area (Å²) in [7, 11) is 0. The van der Waals surface area contributed by atoms with E-state index in [1.54, 1.807) is 0 Å². The molecule has 0 bridgehead atoms. The minimum absolute atomic E-state index is 0.520. The molecule has 0 aliphatic rings. The van der Waals surface area contributed by atoms with Crippen LogP contribution in [0.3, 0.4) is 0 Å². The molecule has 0 unspecified atom stereocenters. The van der Waals surface area contributed by atoms with Crippen molar-refractivity contribution >= 4 is 17.4 Å². The number of anilines is 1. The van der Waals surface area contributed by atoms with Gasteiger partial charge in [0.2, 0.25) is 0 Å². The highest BCUT2D eigenvalue weighted by Gasteiger charge is 2.06. The Morgan fingerprint density at radius 1 is 1.57 bits per heavy atom. The van der Waals surface area contributed by atoms with E-state index in [-0.39, 0.29) is 0 Å². The first-order chi connectivity index (χ1) is 6.65. The third-order valence-corrected chi connectivity index (χ3v) is 2.13. The molecular formula is C10H14ClN3. The number of hydrogen-bond acceptors (Lipinski definition) is 3. The highest BCUT2D eigenvalue weighted by Crippen LogP contribution is 2.19. The molecule has 0 spiro atoms. The van der Waals surface area contributed by atoms with Crippen molar-refractivity contribution in [1.29, 1.82) is 0 Å². The maximum Gasteiger partial charge on any atom is 0.137 e. The third-order valence-electron chi connectivity index (χ3n) is 1.80. The fourth-order valence-electron chi connectivity index (χ4n) is 1.09. The SMILES string of the molecule is C=C(C)CNc1ncnc(Cl)c1CC. The van der Waals surface area contributed by atoms with Crippen molar-refractivity contribution < 1.29 is 0 Å². The molecule has 0 aliphatic heterocycles. The second-order valence-electron chi connectivity index (χ2n) is 3.16. The Hall–Kier alpha value is -1.09. The number of aromatic nitrogens is 2. The van der Waals surface area contributed by atoms with Gasteiger partial charge in [-0.3, -0.25) is 0 Å². The molecule has 1 rings (SSSR count). The first-order valence-corrected chi connectivity index (χ1v) is 4.90. The van der Waals surface area contributed by atoms with E-state index in [0.717, 1.165) is 23.4 Å². The Kier molecular flexibility index (Phi) is 3.89. The van der Waals surface area contributed by atoms with E-state index in [9.17, 15) is 0 Å². The molecule has 1 heterocycles. The van der Waals surface area contributed by atoms with Crippen LogP contribution in [-0.4, -0.2) is 16.5 Å². The molecule has 1 aromatic rings. The Balaban J connectivity index is 2.85. The van der Waals surface area contributed by atoms with Gasteiger partial charge in [0.1, 0.15) is 17.3 Å². The number of hydrogen-bond donors (Lipinski definition) is 1. The van der Waals surface area contributed by atoms with Crippen molar-refractivity contribution in [3.8, 4) is 0 Å². The van der Waals surface area contributed by atoms with Gasteiger partial charge in [-0.15, -0.1) is 0 Å². The standard InChI is InChI=1S/C10H14ClN3/c1-4-8-9(11)13-6-14-10(8)12-5-7(2)3/h6H,2,4-5H2,1,3H3,(H,12,13,14). The number of nitrogens with one attached hydrogen (secondary N) is 1. The maximum atomic E-state index is 5.93. The Bertz CT molecular complexity index is 336. The zero-order chi connectivity index (χ0) is 10.6. The van der Waals surface area contributed by atoms with E-state index in [2.05, 4.69) is 21.9 Å². The molecule has 0 amide bonds. The van der Waals surface area contributed by atoms with Gasteiger partial charge >= 0.3 is 0 Å². The van der Waals surface area contributed by atoms with Crippen LogP contribution in [0, 0.1) is 0 Å². The predicted molar refractivity (Wildman–Crippen MR) is 59.7 cm³/mol. The van der Waals surface area contributed by atoms with E-state index < -0.39 is 0 Å². The van der Waals surface area contributed by atoms with Crippen LogP contribution in [0.1, 0.15) is 19.4 Å². The zero-order valence-electron chi connectivity index (χ0n) is 8.47. The van der Waals surface area contributed by atoms with Crippen LogP contribution >= 0.6 is 11.6 Å². The molecule has 0 aromatic carbocycles. The normalized spacial score (nSPS) is 9.93. The molecular weight excluding hydrogens is 198 g/mol. The summed E-state index contributed by atoms with van der Waals surface area (Å²) in [6, 6.07) is 0. The van der Waals surface area contributed by atoms with Crippen molar-refractivity contribution in [2.24, 2.45) is 0 Å². The van der Waals surface area contributed by atoms with Gasteiger partial charge < -0.3 is 5.32 Å². The summed E-state index contributed by atoms with van der Waals surface area (Å²) in [5.74, 6) is 0.801. The fourth-order valence-corrected chi connectivity index (χ4v) is 1.36. The first-order valence-electron chi connectivity index (χ1n) is 4.52. The minimum atomic E-state index is 0.520. The molecule has 0 atom stereocenters. The monoisotopic (exact) mass is 211 g/mol. The zero-order valence-corrected chi connectivity index (χ0v) is 9.23. The number of nitrogens with zero attached hydrogens (tertiary/aromatic N) is 2. The van der Waals surface area contributed by atoms with Gasteiger partial charge in [0, 0.05) is 12.1 Å². The lowest BCUT2D eigenvalue weighted by Gasteiger charge is -2.09. The molecule has 3 nitrogen and oxygen atoms in total. The van der Waals surface area contributed by atoms with E-state index in [1.807, 2.05) is 13.8 Å². The third kappa shape index (κ3) is 2.70. The summed E-state index contributed by atoms with van der Waals surface area (Å²) in [6.45, 7) is 8.50. The van der Waals surface area contributed by atoms with Gasteiger partial charge in [-0.25, -0.2) is 9.97 Å². The molecule has 76 valence electrons. The Labute approximate surface area is 89.2 Å². The smallest absolute Gasteiger partial charge is 0.137 e. The van der Waals surface area contributed by atoms with Crippen molar-refractivity contribution in [2.75, 3.05) is 11.9 Å². The second kappa shape index (κ2) is 4.96. The molecule has 1 N–H and O–H groups in total. The minimum Gasteiger partial charge on any atom is -0.366 e. The van der Waals surface area contributed by atoms with Gasteiger partial charge in [-0.05, 0) is 13.3 Å². The summed E-state index contributed by atoms with van der Waals surface area (Å²) in [5.41, 5.74) is 2.01. The Morgan fingerprint density at radius 3 is 2.86 bits per heavy atom. The molecule has 14 heavy (non-hydrogen) atoms. The highest BCUT2D eigenvalue weighted by molar-refractivity contribution is 6.30. The van der Waals surface area contributed by atoms with Gasteiger partial charge in [-0.2, -0.15) is 0 Å². The van der Waals surface area contributed by atoms with E-state index in [1.165, 1.54) is 6.33 Å². The van der Waals surface area contributed by atoms with Gasteiger partial charge in [0.05, 0.1) is 0 Å². The second-order valence-corrected chi connectivity index (χ2v) is 3.51. The largest absolute Gasteiger partial charge is 0.366 e. The molecule has 1 aromatic heterocycles. The van der Waals surface area contributed by atoms with Gasteiger partial charge in [-0.1, -0.05) is 30.7 Å². The van der Waals surface area contributed by atoms with Crippen molar-refractivity contribution in [1.82, 2.24) is 9.97 Å². The molecule has 0 radical (unpaired) electrons. The van der Waals surface area contributed by atoms with E-state index >= 15 is 0 Å². The lowest BCUT2D eigenvalue weighted by atomic mass is 10.2. The molecule has 0 saturated carbocycles. The van der Waals surface area contributed by atoms with Crippen LogP contribution in [-0.2, 0) is 6.42 Å². The summed E-state index contributed by atoms with van der Waals surface area (Å²) in [5, 5.41) is 3.69. The van der Waals surface area contributed by atoms with E-state index in [4.69, 9.17) is 11.6 Å². The fraction of sp³-hybridized carbons (Fsp3) is 0.400. The van der Waals surface area contributed by atoms with Crippen LogP contribution in [0.15, 0.2) is 18.5 Å². The van der Waals surface area contributed by atoms with Gasteiger partial charge in [0.15, 0.2) is 0 Å². The summed E-state index contributed by atoms with van der Waals surface area (Å²) < 4.78 is 0. The average Bonchev–Trinajstić information content (AvgIpc) is 2.14. The average molecular weight is 212 g/mol. The predicted octanol–water partition coefficient (Wildman–Crippen LogP) is 2.68. The Morgan fingerprint density at radius 2 is 2.29 bits per heavy atom. The molecule has 0 saturated heterocycles. The van der Waals surface area contributed by atoms with Crippen LogP contribution in [0.4, 0.5) is 5.82 Å². The van der Waals surface area contributed by atoms with Crippen molar-refractivity contribution in [3.05, 3.63) is 29.2 Å². The number of halogens is 1. The van der Waals surface area contributed by atoms with E-state index in [0.29, 0.717) is 11.7 Å². The van der Waals surface area contributed by atoms with Gasteiger partial charge in [0.25, 0.3) is 0 Å². The van der Waals surface area contributed by atoms with Crippen LogP contribution in [0.2, 0.25) is 5.15 Å². The van der Waals surface area contributed by atoms with Crippen molar-refractivity contribution in [3.63, 3.8) is 0 Å².